The second-order valence-electron chi connectivity index (χ2n) is 6.61. The Morgan fingerprint density at radius 1 is 1.23 bits per heavy atom. The minimum Gasteiger partial charge on any atom is -0.339 e. The Hall–Kier alpha value is -2.25. The second kappa shape index (κ2) is 7.55. The van der Waals surface area contributed by atoms with E-state index in [1.54, 1.807) is 25.2 Å². The zero-order chi connectivity index (χ0) is 18.7. The van der Waals surface area contributed by atoms with Gasteiger partial charge in [-0.15, -0.1) is 0 Å². The van der Waals surface area contributed by atoms with Gasteiger partial charge in [0.05, 0.1) is 24.5 Å². The molecule has 1 aromatic rings. The SMILES string of the molecule is CCCCCN(C)C(=O)C(=O)c1cccc2c1C1(OCCCO1)C(=O)N2. The van der Waals surface area contributed by atoms with Gasteiger partial charge in [0.2, 0.25) is 0 Å². The van der Waals surface area contributed by atoms with E-state index in [0.29, 0.717) is 37.4 Å². The molecule has 2 aliphatic heterocycles. The number of nitrogens with zero attached hydrogens (tertiary/aromatic N) is 1. The number of hydrogen-bond donors (Lipinski definition) is 1. The number of hydrogen-bond acceptors (Lipinski definition) is 5. The summed E-state index contributed by atoms with van der Waals surface area (Å²) in [5, 5.41) is 2.70. The fraction of sp³-hybridized carbons (Fsp3) is 0.526. The van der Waals surface area contributed by atoms with Crippen molar-refractivity contribution in [1.29, 1.82) is 0 Å². The highest BCUT2D eigenvalue weighted by molar-refractivity contribution is 6.43. The standard InChI is InChI=1S/C19H24N2O5/c1-3-4-5-10-21(2)17(23)16(22)13-8-6-9-14-15(13)19(18(24)20-14)25-11-7-12-26-19/h6,8-9H,3-5,7,10-12H2,1-2H3,(H,20,24). The Kier molecular flexibility index (Phi) is 5.38. The van der Waals surface area contributed by atoms with Gasteiger partial charge in [-0.25, -0.2) is 0 Å². The molecule has 7 nitrogen and oxygen atoms in total. The van der Waals surface area contributed by atoms with Crippen LogP contribution >= 0.6 is 0 Å². The first-order chi connectivity index (χ1) is 12.5. The molecule has 0 unspecified atom stereocenters. The molecule has 0 aromatic heterocycles. The van der Waals surface area contributed by atoms with E-state index in [0.717, 1.165) is 19.3 Å². The van der Waals surface area contributed by atoms with Crippen LogP contribution in [0.15, 0.2) is 18.2 Å². The van der Waals surface area contributed by atoms with Crippen molar-refractivity contribution in [2.75, 3.05) is 32.1 Å². The second-order valence-corrected chi connectivity index (χ2v) is 6.61. The van der Waals surface area contributed by atoms with Crippen LogP contribution in [0.3, 0.4) is 0 Å². The molecule has 26 heavy (non-hydrogen) atoms. The summed E-state index contributed by atoms with van der Waals surface area (Å²) in [5.41, 5.74) is 0.907. The van der Waals surface area contributed by atoms with Gasteiger partial charge < -0.3 is 19.7 Å². The number of carbonyl (C=O) groups is 3. The van der Waals surface area contributed by atoms with E-state index in [-0.39, 0.29) is 5.56 Å². The third-order valence-electron chi connectivity index (χ3n) is 4.72. The predicted octanol–water partition coefficient (Wildman–Crippen LogP) is 2.06. The number of benzene rings is 1. The first-order valence-corrected chi connectivity index (χ1v) is 9.04. The molecule has 2 heterocycles. The average Bonchev–Trinajstić information content (AvgIpc) is 2.92. The lowest BCUT2D eigenvalue weighted by Crippen LogP contribution is -2.45. The minimum absolute atomic E-state index is 0.148. The molecule has 3 rings (SSSR count). The van der Waals surface area contributed by atoms with Crippen LogP contribution in [0.4, 0.5) is 5.69 Å². The largest absolute Gasteiger partial charge is 0.339 e. The lowest BCUT2D eigenvalue weighted by atomic mass is 9.95. The number of Topliss-reactive ketones (excluding diaryl/α,β-unsaturated/α-hetero) is 1. The summed E-state index contributed by atoms with van der Waals surface area (Å²) in [6.07, 6.45) is 3.54. The van der Waals surface area contributed by atoms with Crippen molar-refractivity contribution < 1.29 is 23.9 Å². The van der Waals surface area contributed by atoms with E-state index >= 15 is 0 Å². The molecule has 2 amide bonds. The number of rotatable bonds is 6. The highest BCUT2D eigenvalue weighted by atomic mass is 16.7. The van der Waals surface area contributed by atoms with Crippen molar-refractivity contribution in [2.45, 2.75) is 38.4 Å². The molecule has 0 radical (unpaired) electrons. The molecule has 1 fully saturated rings. The molecule has 7 heteroatoms. The van der Waals surface area contributed by atoms with E-state index in [4.69, 9.17) is 9.47 Å². The van der Waals surface area contributed by atoms with Crippen molar-refractivity contribution in [3.05, 3.63) is 29.3 Å². The monoisotopic (exact) mass is 360 g/mol. The maximum Gasteiger partial charge on any atom is 0.294 e. The third-order valence-corrected chi connectivity index (χ3v) is 4.72. The Labute approximate surface area is 152 Å². The summed E-state index contributed by atoms with van der Waals surface area (Å²) >= 11 is 0. The number of fused-ring (bicyclic) bond motifs is 2. The summed E-state index contributed by atoms with van der Waals surface area (Å²) < 4.78 is 11.3. The Balaban J connectivity index is 1.90. The lowest BCUT2D eigenvalue weighted by molar-refractivity contribution is -0.255. The van der Waals surface area contributed by atoms with Crippen LogP contribution in [0.5, 0.6) is 0 Å². The third kappa shape index (κ3) is 3.12. The van der Waals surface area contributed by atoms with Crippen LogP contribution in [-0.2, 0) is 24.8 Å². The van der Waals surface area contributed by atoms with Gasteiger partial charge in [0.25, 0.3) is 23.4 Å². The van der Waals surface area contributed by atoms with E-state index < -0.39 is 23.4 Å². The molecular formula is C19H24N2O5. The van der Waals surface area contributed by atoms with Gasteiger partial charge in [-0.2, -0.15) is 0 Å². The topological polar surface area (TPSA) is 84.9 Å². The van der Waals surface area contributed by atoms with Gasteiger partial charge >= 0.3 is 0 Å². The Morgan fingerprint density at radius 3 is 2.65 bits per heavy atom. The number of nitrogens with one attached hydrogen (secondary N) is 1. The molecule has 0 bridgehead atoms. The van der Waals surface area contributed by atoms with Crippen LogP contribution in [0.1, 0.15) is 48.5 Å². The number of amides is 2. The molecule has 0 saturated carbocycles. The number of carbonyl (C=O) groups excluding carboxylic acids is 3. The highest BCUT2D eigenvalue weighted by Crippen LogP contribution is 2.43. The Morgan fingerprint density at radius 2 is 1.96 bits per heavy atom. The van der Waals surface area contributed by atoms with Crippen LogP contribution in [0.25, 0.3) is 0 Å². The zero-order valence-corrected chi connectivity index (χ0v) is 15.2. The molecule has 0 aliphatic carbocycles. The summed E-state index contributed by atoms with van der Waals surface area (Å²) in [6.45, 7) is 3.29. The number of unbranched alkanes of at least 4 members (excludes halogenated alkanes) is 2. The van der Waals surface area contributed by atoms with E-state index in [9.17, 15) is 14.4 Å². The molecule has 0 atom stereocenters. The fourth-order valence-corrected chi connectivity index (χ4v) is 3.32. The summed E-state index contributed by atoms with van der Waals surface area (Å²) in [4.78, 5) is 39.4. The van der Waals surface area contributed by atoms with Crippen molar-refractivity contribution >= 4 is 23.3 Å². The van der Waals surface area contributed by atoms with Gasteiger partial charge in [0.15, 0.2) is 0 Å². The number of anilines is 1. The van der Waals surface area contributed by atoms with E-state index in [2.05, 4.69) is 12.2 Å². The maximum absolute atomic E-state index is 12.9. The van der Waals surface area contributed by atoms with Crippen LogP contribution in [-0.4, -0.2) is 49.3 Å². The van der Waals surface area contributed by atoms with Crippen molar-refractivity contribution in [3.63, 3.8) is 0 Å². The number of ether oxygens (including phenoxy) is 2. The predicted molar refractivity (Wildman–Crippen MR) is 94.8 cm³/mol. The van der Waals surface area contributed by atoms with Crippen molar-refractivity contribution in [1.82, 2.24) is 4.90 Å². The highest BCUT2D eigenvalue weighted by Gasteiger charge is 2.53. The quantitative estimate of drug-likeness (QED) is 0.477. The van der Waals surface area contributed by atoms with Gasteiger partial charge in [-0.05, 0) is 18.9 Å². The van der Waals surface area contributed by atoms with E-state index in [1.807, 2.05) is 0 Å². The van der Waals surface area contributed by atoms with Crippen LogP contribution in [0, 0.1) is 0 Å². The van der Waals surface area contributed by atoms with Crippen molar-refractivity contribution in [2.24, 2.45) is 0 Å². The fourth-order valence-electron chi connectivity index (χ4n) is 3.32. The average molecular weight is 360 g/mol. The van der Waals surface area contributed by atoms with Crippen LogP contribution in [0.2, 0.25) is 0 Å². The smallest absolute Gasteiger partial charge is 0.294 e. The Bertz CT molecular complexity index is 725. The molecule has 1 aromatic carbocycles. The summed E-state index contributed by atoms with van der Waals surface area (Å²) in [7, 11) is 1.62. The molecule has 1 saturated heterocycles. The van der Waals surface area contributed by atoms with Crippen molar-refractivity contribution in [3.8, 4) is 0 Å². The van der Waals surface area contributed by atoms with Gasteiger partial charge in [0.1, 0.15) is 0 Å². The van der Waals surface area contributed by atoms with Gasteiger partial charge in [0, 0.05) is 19.2 Å². The lowest BCUT2D eigenvalue weighted by Gasteiger charge is -2.32. The molecule has 140 valence electrons. The van der Waals surface area contributed by atoms with E-state index in [1.165, 1.54) is 4.90 Å². The minimum atomic E-state index is -1.64. The molecule has 1 spiro atoms. The first-order valence-electron chi connectivity index (χ1n) is 9.04. The first kappa shape index (κ1) is 18.5. The summed E-state index contributed by atoms with van der Waals surface area (Å²) in [6, 6.07) is 4.86. The maximum atomic E-state index is 12.9. The normalized spacial score (nSPS) is 17.7. The van der Waals surface area contributed by atoms with Gasteiger partial charge in [-0.1, -0.05) is 31.9 Å². The zero-order valence-electron chi connectivity index (χ0n) is 15.2. The molecule has 1 N–H and O–H groups in total. The van der Waals surface area contributed by atoms with Gasteiger partial charge in [-0.3, -0.25) is 14.4 Å². The van der Waals surface area contributed by atoms with Crippen LogP contribution < -0.4 is 5.32 Å². The molecule has 2 aliphatic rings. The summed E-state index contributed by atoms with van der Waals surface area (Å²) in [5.74, 6) is -3.36. The number of likely N-dealkylation sites (N-methyl/N-ethyl adjacent to an activating group) is 1. The molecular weight excluding hydrogens is 336 g/mol. The number of ketones is 1.